The molecule has 0 bridgehead atoms. The van der Waals surface area contributed by atoms with Gasteiger partial charge in [0.05, 0.1) is 0 Å². The van der Waals surface area contributed by atoms with Crippen LogP contribution in [-0.2, 0) is 0 Å². The van der Waals surface area contributed by atoms with E-state index in [0.29, 0.717) is 11.3 Å². The Balaban J connectivity index is 1.94. The molecule has 0 saturated heterocycles. The Hall–Kier alpha value is -2.87. The lowest BCUT2D eigenvalue weighted by Crippen LogP contribution is -1.90. The van der Waals surface area contributed by atoms with Gasteiger partial charge in [0.1, 0.15) is 11.5 Å². The molecule has 0 N–H and O–H groups in total. The fourth-order valence-electron chi connectivity index (χ4n) is 2.21. The topological polar surface area (TPSA) is 26.3 Å². The van der Waals surface area contributed by atoms with Gasteiger partial charge in [-0.05, 0) is 41.5 Å². The maximum absolute atomic E-state index is 11.3. The van der Waals surface area contributed by atoms with Crippen molar-refractivity contribution in [2.45, 2.75) is 0 Å². The first-order valence-electron chi connectivity index (χ1n) is 6.74. The van der Waals surface area contributed by atoms with Crippen LogP contribution in [0.5, 0.6) is 11.5 Å². The fraction of sp³-hybridized carbons (Fsp3) is 0. The molecule has 0 spiro atoms. The van der Waals surface area contributed by atoms with Gasteiger partial charge in [-0.3, -0.25) is 4.79 Å². The van der Waals surface area contributed by atoms with E-state index < -0.39 is 0 Å². The number of carbonyl (C=O) groups is 1. The second-order valence-electron chi connectivity index (χ2n) is 4.65. The van der Waals surface area contributed by atoms with Crippen LogP contribution in [0.15, 0.2) is 78.9 Å². The van der Waals surface area contributed by atoms with Crippen LogP contribution in [0.25, 0.3) is 11.1 Å². The van der Waals surface area contributed by atoms with E-state index >= 15 is 0 Å². The number of benzene rings is 3. The average Bonchev–Trinajstić information content (AvgIpc) is 2.56. The normalized spacial score (nSPS) is 10.1. The molecule has 21 heavy (non-hydrogen) atoms. The molecule has 2 heteroatoms. The molecule has 3 aromatic rings. The molecule has 0 aliphatic heterocycles. The monoisotopic (exact) mass is 274 g/mol. The molecule has 0 atom stereocenters. The minimum atomic E-state index is 0.620. The van der Waals surface area contributed by atoms with Gasteiger partial charge in [-0.1, -0.05) is 48.5 Å². The second kappa shape index (κ2) is 6.06. The molecule has 0 fully saturated rings. The van der Waals surface area contributed by atoms with Crippen molar-refractivity contribution < 1.29 is 9.53 Å². The zero-order valence-corrected chi connectivity index (χ0v) is 11.4. The van der Waals surface area contributed by atoms with Crippen LogP contribution in [0, 0.1) is 0 Å². The fourth-order valence-corrected chi connectivity index (χ4v) is 2.21. The van der Waals surface area contributed by atoms with Crippen LogP contribution < -0.4 is 4.74 Å². The van der Waals surface area contributed by atoms with Crippen LogP contribution in [0.3, 0.4) is 0 Å². The Morgan fingerprint density at radius 2 is 1.38 bits per heavy atom. The molecule has 3 rings (SSSR count). The summed E-state index contributed by atoms with van der Waals surface area (Å²) in [6.07, 6.45) is 0.861. The van der Waals surface area contributed by atoms with Gasteiger partial charge in [-0.15, -0.1) is 0 Å². The standard InChI is InChI=1S/C19H14O2/c20-14-16-13-18(21-17-9-5-2-6-10-17)11-12-19(16)15-7-3-1-4-8-15/h1-14H. The van der Waals surface area contributed by atoms with Crippen LogP contribution in [0.4, 0.5) is 0 Å². The van der Waals surface area contributed by atoms with Gasteiger partial charge in [0.25, 0.3) is 0 Å². The number of hydrogen-bond donors (Lipinski definition) is 0. The number of ether oxygens (including phenoxy) is 1. The molecular weight excluding hydrogens is 260 g/mol. The van der Waals surface area contributed by atoms with Crippen LogP contribution >= 0.6 is 0 Å². The first kappa shape index (κ1) is 13.1. The van der Waals surface area contributed by atoms with E-state index in [1.165, 1.54) is 0 Å². The Labute approximate surface area is 123 Å². The summed E-state index contributed by atoms with van der Waals surface area (Å²) in [6.45, 7) is 0. The summed E-state index contributed by atoms with van der Waals surface area (Å²) in [5.74, 6) is 1.41. The summed E-state index contributed by atoms with van der Waals surface area (Å²) < 4.78 is 5.75. The molecule has 0 radical (unpaired) electrons. The average molecular weight is 274 g/mol. The molecule has 0 aliphatic rings. The van der Waals surface area contributed by atoms with Gasteiger partial charge >= 0.3 is 0 Å². The molecule has 2 nitrogen and oxygen atoms in total. The van der Waals surface area contributed by atoms with Crippen molar-refractivity contribution in [1.82, 2.24) is 0 Å². The molecule has 0 unspecified atom stereocenters. The summed E-state index contributed by atoms with van der Waals surface area (Å²) in [6, 6.07) is 24.9. The van der Waals surface area contributed by atoms with E-state index in [9.17, 15) is 4.79 Å². The molecule has 0 heterocycles. The van der Waals surface area contributed by atoms with Crippen molar-refractivity contribution in [2.75, 3.05) is 0 Å². The van der Waals surface area contributed by atoms with Crippen molar-refractivity contribution in [3.05, 3.63) is 84.4 Å². The highest BCUT2D eigenvalue weighted by Crippen LogP contribution is 2.28. The molecular formula is C19H14O2. The first-order valence-corrected chi connectivity index (χ1v) is 6.74. The molecule has 0 aromatic heterocycles. The maximum atomic E-state index is 11.3. The number of aldehydes is 1. The Kier molecular flexibility index (Phi) is 3.79. The smallest absolute Gasteiger partial charge is 0.150 e. The highest BCUT2D eigenvalue weighted by molar-refractivity contribution is 5.88. The lowest BCUT2D eigenvalue weighted by molar-refractivity contribution is 0.112. The van der Waals surface area contributed by atoms with Gasteiger partial charge in [0.2, 0.25) is 0 Å². The highest BCUT2D eigenvalue weighted by atomic mass is 16.5. The third-order valence-electron chi connectivity index (χ3n) is 3.21. The van der Waals surface area contributed by atoms with Crippen LogP contribution in [-0.4, -0.2) is 6.29 Å². The minimum Gasteiger partial charge on any atom is -0.457 e. The number of carbonyl (C=O) groups excluding carboxylic acids is 1. The highest BCUT2D eigenvalue weighted by Gasteiger charge is 2.06. The van der Waals surface area contributed by atoms with E-state index in [4.69, 9.17) is 4.74 Å². The summed E-state index contributed by atoms with van der Waals surface area (Å²) in [5, 5.41) is 0. The van der Waals surface area contributed by atoms with Gasteiger partial charge in [-0.25, -0.2) is 0 Å². The van der Waals surface area contributed by atoms with Crippen molar-refractivity contribution in [3.8, 4) is 22.6 Å². The minimum absolute atomic E-state index is 0.620. The Morgan fingerprint density at radius 3 is 2.05 bits per heavy atom. The van der Waals surface area contributed by atoms with E-state index in [1.54, 1.807) is 6.07 Å². The van der Waals surface area contributed by atoms with Gasteiger partial charge < -0.3 is 4.74 Å². The van der Waals surface area contributed by atoms with Crippen molar-refractivity contribution >= 4 is 6.29 Å². The zero-order chi connectivity index (χ0) is 14.5. The summed E-state index contributed by atoms with van der Waals surface area (Å²) in [7, 11) is 0. The zero-order valence-electron chi connectivity index (χ0n) is 11.4. The first-order chi connectivity index (χ1) is 10.4. The van der Waals surface area contributed by atoms with Crippen molar-refractivity contribution in [3.63, 3.8) is 0 Å². The predicted molar refractivity (Wildman–Crippen MR) is 83.8 cm³/mol. The van der Waals surface area contributed by atoms with Crippen molar-refractivity contribution in [1.29, 1.82) is 0 Å². The van der Waals surface area contributed by atoms with E-state index in [1.807, 2.05) is 72.8 Å². The lowest BCUT2D eigenvalue weighted by atomic mass is 10.0. The number of rotatable bonds is 4. The third kappa shape index (κ3) is 3.00. The van der Waals surface area contributed by atoms with E-state index in [0.717, 1.165) is 23.2 Å². The number of para-hydroxylation sites is 1. The quantitative estimate of drug-likeness (QED) is 0.629. The van der Waals surface area contributed by atoms with Gasteiger partial charge in [-0.2, -0.15) is 0 Å². The van der Waals surface area contributed by atoms with E-state index in [2.05, 4.69) is 0 Å². The SMILES string of the molecule is O=Cc1cc(Oc2ccccc2)ccc1-c1ccccc1. The lowest BCUT2D eigenvalue weighted by Gasteiger charge is -2.09. The van der Waals surface area contributed by atoms with E-state index in [-0.39, 0.29) is 0 Å². The van der Waals surface area contributed by atoms with Crippen LogP contribution in [0.1, 0.15) is 10.4 Å². The molecule has 0 aliphatic carbocycles. The summed E-state index contributed by atoms with van der Waals surface area (Å²) in [5.41, 5.74) is 2.55. The molecule has 0 saturated carbocycles. The van der Waals surface area contributed by atoms with Crippen molar-refractivity contribution in [2.24, 2.45) is 0 Å². The number of hydrogen-bond acceptors (Lipinski definition) is 2. The summed E-state index contributed by atoms with van der Waals surface area (Å²) in [4.78, 5) is 11.3. The molecule has 3 aromatic carbocycles. The Morgan fingerprint density at radius 1 is 0.714 bits per heavy atom. The summed E-state index contributed by atoms with van der Waals surface area (Å²) >= 11 is 0. The Bertz CT molecular complexity index is 734. The largest absolute Gasteiger partial charge is 0.457 e. The third-order valence-corrected chi connectivity index (χ3v) is 3.21. The van der Waals surface area contributed by atoms with Gasteiger partial charge in [0, 0.05) is 5.56 Å². The molecule has 102 valence electrons. The predicted octanol–water partition coefficient (Wildman–Crippen LogP) is 4.96. The second-order valence-corrected chi connectivity index (χ2v) is 4.65. The van der Waals surface area contributed by atoms with Crippen LogP contribution in [0.2, 0.25) is 0 Å². The van der Waals surface area contributed by atoms with Gasteiger partial charge in [0.15, 0.2) is 6.29 Å². The molecule has 0 amide bonds. The maximum Gasteiger partial charge on any atom is 0.150 e.